The predicted octanol–water partition coefficient (Wildman–Crippen LogP) is 3.55. The zero-order valence-electron chi connectivity index (χ0n) is 15.6. The summed E-state index contributed by atoms with van der Waals surface area (Å²) in [6, 6.07) is 12.9. The average Bonchev–Trinajstić information content (AvgIpc) is 2.66. The van der Waals surface area contributed by atoms with E-state index in [-0.39, 0.29) is 18.7 Å². The third-order valence-corrected chi connectivity index (χ3v) is 4.32. The molecule has 1 atom stereocenters. The first kappa shape index (κ1) is 21.4. The monoisotopic (exact) mass is 393 g/mol. The Labute approximate surface area is 161 Å². The van der Waals surface area contributed by atoms with Crippen molar-refractivity contribution < 1.29 is 22.8 Å². The lowest BCUT2D eigenvalue weighted by atomic mass is 10.1. The molecule has 5 nitrogen and oxygen atoms in total. The molecule has 2 N–H and O–H groups in total. The molecule has 0 saturated heterocycles. The summed E-state index contributed by atoms with van der Waals surface area (Å²) in [5.41, 5.74) is 0.194. The molecule has 0 aliphatic rings. The average molecular weight is 393 g/mol. The van der Waals surface area contributed by atoms with Gasteiger partial charge in [0, 0.05) is 13.1 Å². The molecular weight excluding hydrogens is 371 g/mol. The molecule has 2 aromatic rings. The Kier molecular flexibility index (Phi) is 7.17. The van der Waals surface area contributed by atoms with Gasteiger partial charge in [-0.05, 0) is 31.2 Å². The summed E-state index contributed by atoms with van der Waals surface area (Å²) in [4.78, 5) is 25.6. The quantitative estimate of drug-likeness (QED) is 0.789. The Balaban J connectivity index is 1.91. The van der Waals surface area contributed by atoms with Gasteiger partial charge < -0.3 is 5.32 Å². The summed E-state index contributed by atoms with van der Waals surface area (Å²) < 4.78 is 39.3. The van der Waals surface area contributed by atoms with Crippen LogP contribution < -0.4 is 10.6 Å². The first-order valence-corrected chi connectivity index (χ1v) is 8.66. The minimum absolute atomic E-state index is 0.0608. The number of hydrogen-bond acceptors (Lipinski definition) is 3. The van der Waals surface area contributed by atoms with E-state index in [2.05, 4.69) is 10.6 Å². The van der Waals surface area contributed by atoms with Gasteiger partial charge in [0.15, 0.2) is 0 Å². The SMILES string of the molecule is CC(C(=O)NC(=O)NCc1ccccc1)N(C)Cc1ccccc1C(F)(F)F. The normalized spacial score (nSPS) is 12.5. The van der Waals surface area contributed by atoms with Crippen LogP contribution in [-0.2, 0) is 24.1 Å². The van der Waals surface area contributed by atoms with Gasteiger partial charge in [0.1, 0.15) is 0 Å². The van der Waals surface area contributed by atoms with Crippen LogP contribution in [-0.4, -0.2) is 29.9 Å². The van der Waals surface area contributed by atoms with Crippen molar-refractivity contribution in [1.82, 2.24) is 15.5 Å². The number of amides is 3. The number of carbonyl (C=O) groups is 2. The molecule has 28 heavy (non-hydrogen) atoms. The number of urea groups is 1. The highest BCUT2D eigenvalue weighted by atomic mass is 19.4. The van der Waals surface area contributed by atoms with Gasteiger partial charge in [-0.3, -0.25) is 15.0 Å². The molecule has 0 aliphatic heterocycles. The van der Waals surface area contributed by atoms with Crippen molar-refractivity contribution in [2.45, 2.75) is 32.2 Å². The van der Waals surface area contributed by atoms with E-state index in [1.807, 2.05) is 30.3 Å². The Hall–Kier alpha value is -2.87. The lowest BCUT2D eigenvalue weighted by Gasteiger charge is -2.25. The van der Waals surface area contributed by atoms with Crippen LogP contribution in [0.2, 0.25) is 0 Å². The van der Waals surface area contributed by atoms with Crippen molar-refractivity contribution >= 4 is 11.9 Å². The molecule has 0 radical (unpaired) electrons. The van der Waals surface area contributed by atoms with E-state index < -0.39 is 29.7 Å². The molecule has 0 aromatic heterocycles. The summed E-state index contributed by atoms with van der Waals surface area (Å²) in [5, 5.41) is 4.77. The van der Waals surface area contributed by atoms with E-state index in [1.54, 1.807) is 0 Å². The fourth-order valence-electron chi connectivity index (χ4n) is 2.58. The molecule has 0 bridgehead atoms. The van der Waals surface area contributed by atoms with E-state index in [0.29, 0.717) is 0 Å². The van der Waals surface area contributed by atoms with Gasteiger partial charge in [-0.1, -0.05) is 48.5 Å². The predicted molar refractivity (Wildman–Crippen MR) is 99.2 cm³/mol. The number of likely N-dealkylation sites (N-methyl/N-ethyl adjacent to an activating group) is 1. The summed E-state index contributed by atoms with van der Waals surface area (Å²) in [5.74, 6) is -0.599. The molecule has 2 rings (SSSR count). The fraction of sp³-hybridized carbons (Fsp3) is 0.300. The molecule has 0 aliphatic carbocycles. The van der Waals surface area contributed by atoms with Crippen LogP contribution in [0.15, 0.2) is 54.6 Å². The third kappa shape index (κ3) is 6.09. The van der Waals surface area contributed by atoms with Crippen LogP contribution in [0.25, 0.3) is 0 Å². The molecule has 0 spiro atoms. The maximum atomic E-state index is 13.1. The van der Waals surface area contributed by atoms with E-state index >= 15 is 0 Å². The lowest BCUT2D eigenvalue weighted by molar-refractivity contribution is -0.138. The fourth-order valence-corrected chi connectivity index (χ4v) is 2.58. The Morgan fingerprint density at radius 2 is 1.64 bits per heavy atom. The van der Waals surface area contributed by atoms with Crippen LogP contribution >= 0.6 is 0 Å². The molecule has 8 heteroatoms. The van der Waals surface area contributed by atoms with E-state index in [1.165, 1.54) is 37.1 Å². The second-order valence-electron chi connectivity index (χ2n) is 6.40. The Morgan fingerprint density at radius 3 is 2.29 bits per heavy atom. The van der Waals surface area contributed by atoms with Crippen molar-refractivity contribution in [3.05, 3.63) is 71.3 Å². The molecule has 150 valence electrons. The number of benzene rings is 2. The van der Waals surface area contributed by atoms with Gasteiger partial charge in [-0.15, -0.1) is 0 Å². The number of alkyl halides is 3. The van der Waals surface area contributed by atoms with Crippen molar-refractivity contribution in [1.29, 1.82) is 0 Å². The van der Waals surface area contributed by atoms with Gasteiger partial charge >= 0.3 is 12.2 Å². The third-order valence-electron chi connectivity index (χ3n) is 4.32. The number of rotatable bonds is 6. The number of imide groups is 1. The second-order valence-corrected chi connectivity index (χ2v) is 6.40. The molecular formula is C20H22F3N3O2. The summed E-state index contributed by atoms with van der Waals surface area (Å²) in [7, 11) is 1.53. The van der Waals surface area contributed by atoms with Crippen LogP contribution in [0, 0.1) is 0 Å². The van der Waals surface area contributed by atoms with Crippen LogP contribution in [0.3, 0.4) is 0 Å². The van der Waals surface area contributed by atoms with Crippen LogP contribution in [0.1, 0.15) is 23.6 Å². The first-order chi connectivity index (χ1) is 13.2. The molecule has 0 fully saturated rings. The molecule has 2 aromatic carbocycles. The maximum absolute atomic E-state index is 13.1. The number of halogens is 3. The van der Waals surface area contributed by atoms with E-state index in [0.717, 1.165) is 11.6 Å². The largest absolute Gasteiger partial charge is 0.416 e. The highest BCUT2D eigenvalue weighted by Crippen LogP contribution is 2.32. The zero-order chi connectivity index (χ0) is 20.7. The maximum Gasteiger partial charge on any atom is 0.416 e. The zero-order valence-corrected chi connectivity index (χ0v) is 15.6. The van der Waals surface area contributed by atoms with Gasteiger partial charge in [0.25, 0.3) is 0 Å². The highest BCUT2D eigenvalue weighted by molar-refractivity contribution is 5.96. The van der Waals surface area contributed by atoms with Crippen molar-refractivity contribution in [2.75, 3.05) is 7.05 Å². The van der Waals surface area contributed by atoms with Gasteiger partial charge in [-0.2, -0.15) is 13.2 Å². The molecule has 1 unspecified atom stereocenters. The van der Waals surface area contributed by atoms with Crippen LogP contribution in [0.5, 0.6) is 0 Å². The lowest BCUT2D eigenvalue weighted by Crippen LogP contribution is -2.48. The van der Waals surface area contributed by atoms with E-state index in [9.17, 15) is 22.8 Å². The minimum atomic E-state index is -4.47. The van der Waals surface area contributed by atoms with Gasteiger partial charge in [0.05, 0.1) is 11.6 Å². The summed E-state index contributed by atoms with van der Waals surface area (Å²) in [6.07, 6.45) is -4.47. The van der Waals surface area contributed by atoms with E-state index in [4.69, 9.17) is 0 Å². The van der Waals surface area contributed by atoms with Crippen molar-refractivity contribution in [3.8, 4) is 0 Å². The number of nitrogens with zero attached hydrogens (tertiary/aromatic N) is 1. The standard InChI is InChI=1S/C20H22F3N3O2/c1-14(18(27)25-19(28)24-12-15-8-4-3-5-9-15)26(2)13-16-10-6-7-11-17(16)20(21,22)23/h3-11,14H,12-13H2,1-2H3,(H2,24,25,27,28). The minimum Gasteiger partial charge on any atom is -0.334 e. The Morgan fingerprint density at radius 1 is 1.04 bits per heavy atom. The van der Waals surface area contributed by atoms with Crippen LogP contribution in [0.4, 0.5) is 18.0 Å². The number of nitrogens with one attached hydrogen (secondary N) is 2. The number of hydrogen-bond donors (Lipinski definition) is 2. The highest BCUT2D eigenvalue weighted by Gasteiger charge is 2.33. The molecule has 3 amide bonds. The number of carbonyl (C=O) groups excluding carboxylic acids is 2. The van der Waals surface area contributed by atoms with Crippen molar-refractivity contribution in [2.24, 2.45) is 0 Å². The Bertz CT molecular complexity index is 810. The summed E-state index contributed by atoms with van der Waals surface area (Å²) in [6.45, 7) is 1.69. The topological polar surface area (TPSA) is 61.4 Å². The van der Waals surface area contributed by atoms with Crippen molar-refractivity contribution in [3.63, 3.8) is 0 Å². The van der Waals surface area contributed by atoms with Gasteiger partial charge in [-0.25, -0.2) is 4.79 Å². The summed E-state index contributed by atoms with van der Waals surface area (Å²) >= 11 is 0. The second kappa shape index (κ2) is 9.36. The molecule has 0 saturated carbocycles. The van der Waals surface area contributed by atoms with Gasteiger partial charge in [0.2, 0.25) is 5.91 Å². The first-order valence-electron chi connectivity index (χ1n) is 8.66. The smallest absolute Gasteiger partial charge is 0.334 e. The molecule has 0 heterocycles.